The van der Waals surface area contributed by atoms with E-state index in [9.17, 15) is 0 Å². The van der Waals surface area contributed by atoms with Crippen molar-refractivity contribution in [3.63, 3.8) is 0 Å². The van der Waals surface area contributed by atoms with Crippen molar-refractivity contribution in [1.82, 2.24) is 0 Å². The topological polar surface area (TPSA) is 0 Å². The van der Waals surface area contributed by atoms with Crippen molar-refractivity contribution >= 4 is 116 Å². The summed E-state index contributed by atoms with van der Waals surface area (Å²) in [5.74, 6) is 0. The second-order valence-corrected chi connectivity index (χ2v) is 30.6. The molecule has 0 aliphatic rings. The van der Waals surface area contributed by atoms with Gasteiger partial charge in [-0.3, -0.25) is 0 Å². The van der Waals surface area contributed by atoms with Gasteiger partial charge in [-0.15, -0.1) is 0 Å². The molecule has 0 N–H and O–H groups in total. The SMILES string of the molecule is C[SiH](C)c1cc2c3cc([SiH](C)C)c([SiH](C)C)cc3c3cc([SiH](C)C)c([SiH](C)C)cc3c2cc1[SiH](C)C. The molecule has 4 rings (SSSR count). The molecule has 0 atom stereocenters. The fraction of sp³-hybridized carbons (Fsp3) is 0.400. The quantitative estimate of drug-likeness (QED) is 0.244. The van der Waals surface area contributed by atoms with Crippen molar-refractivity contribution in [3.8, 4) is 0 Å². The minimum absolute atomic E-state index is 0.918. The molecule has 0 saturated heterocycles. The number of rotatable bonds is 6. The molecule has 0 aliphatic heterocycles. The summed E-state index contributed by atoms with van der Waals surface area (Å²) >= 11 is 0. The second-order valence-electron chi connectivity index (χ2n) is 13.0. The lowest BCUT2D eigenvalue weighted by Crippen LogP contribution is -2.45. The van der Waals surface area contributed by atoms with E-state index in [4.69, 9.17) is 0 Å². The lowest BCUT2D eigenvalue weighted by atomic mass is 9.94. The highest BCUT2D eigenvalue weighted by atomic mass is 28.3. The molecule has 0 unspecified atom stereocenters. The Kier molecular flexibility index (Phi) is 8.25. The van der Waals surface area contributed by atoms with Crippen LogP contribution in [0.1, 0.15) is 0 Å². The van der Waals surface area contributed by atoms with Gasteiger partial charge in [0.2, 0.25) is 0 Å². The molecule has 4 aromatic rings. The summed E-state index contributed by atoms with van der Waals surface area (Å²) < 4.78 is 0. The molecular formula is C30H48Si6. The van der Waals surface area contributed by atoms with Gasteiger partial charge in [-0.05, 0) is 32.3 Å². The molecule has 0 fully saturated rings. The highest BCUT2D eigenvalue weighted by Crippen LogP contribution is 2.33. The van der Waals surface area contributed by atoms with Gasteiger partial charge < -0.3 is 0 Å². The highest BCUT2D eigenvalue weighted by Gasteiger charge is 2.22. The van der Waals surface area contributed by atoms with Crippen LogP contribution >= 0.6 is 0 Å². The van der Waals surface area contributed by atoms with Gasteiger partial charge in [0.05, 0.1) is 52.8 Å². The standard InChI is InChI=1S/C30H48Si6/c1-31(2)25-13-19-20(14-26(25)32(3)4)22-16-28(34(7)8)30(36(11)12)18-24(22)23-17-29(35(9)10)27(33(5)6)15-21(19)23/h13-18,31-36H,1-12H3. The largest absolute Gasteiger partial charge is 0.0682 e. The minimum Gasteiger partial charge on any atom is -0.0682 e. The zero-order valence-electron chi connectivity index (χ0n) is 24.9. The number of hydrogen-bond donors (Lipinski definition) is 0. The van der Waals surface area contributed by atoms with Crippen LogP contribution in [0.5, 0.6) is 0 Å². The molecule has 192 valence electrons. The number of hydrogen-bond acceptors (Lipinski definition) is 0. The van der Waals surface area contributed by atoms with E-state index in [2.05, 4.69) is 115 Å². The van der Waals surface area contributed by atoms with E-state index in [1.807, 2.05) is 0 Å². The summed E-state index contributed by atoms with van der Waals surface area (Å²) in [6.07, 6.45) is 0. The Morgan fingerprint density at radius 1 is 0.250 bits per heavy atom. The van der Waals surface area contributed by atoms with E-state index >= 15 is 0 Å². The highest BCUT2D eigenvalue weighted by molar-refractivity contribution is 6.84. The molecule has 0 aromatic heterocycles. The first-order valence-corrected chi connectivity index (χ1v) is 31.7. The third kappa shape index (κ3) is 4.89. The average Bonchev–Trinajstić information content (AvgIpc) is 2.81. The van der Waals surface area contributed by atoms with Crippen LogP contribution in [-0.4, -0.2) is 52.8 Å². The van der Waals surface area contributed by atoms with Crippen molar-refractivity contribution < 1.29 is 0 Å². The molecule has 4 aromatic carbocycles. The first-order chi connectivity index (χ1) is 16.8. The van der Waals surface area contributed by atoms with E-state index in [0.717, 1.165) is 0 Å². The maximum absolute atomic E-state index is 2.69. The van der Waals surface area contributed by atoms with Crippen LogP contribution < -0.4 is 31.1 Å². The average molecular weight is 577 g/mol. The van der Waals surface area contributed by atoms with Crippen LogP contribution in [0.25, 0.3) is 32.3 Å². The molecule has 6 heteroatoms. The number of fused-ring (bicyclic) bond motifs is 6. The Morgan fingerprint density at radius 2 is 0.361 bits per heavy atom. The molecule has 0 heterocycles. The molecular weight excluding hydrogens is 529 g/mol. The molecule has 0 aliphatic carbocycles. The summed E-state index contributed by atoms with van der Waals surface area (Å²) in [6, 6.07) is 16.1. The maximum Gasteiger partial charge on any atom is 0.0645 e. The Hall–Kier alpha value is -1.04. The summed E-state index contributed by atoms with van der Waals surface area (Å²) in [6.45, 7) is 30.4. The van der Waals surface area contributed by atoms with Gasteiger partial charge in [-0.1, -0.05) is 146 Å². The molecule has 0 spiro atoms. The summed E-state index contributed by atoms with van der Waals surface area (Å²) in [5, 5.41) is 19.7. The van der Waals surface area contributed by atoms with Crippen LogP contribution in [0, 0.1) is 0 Å². The van der Waals surface area contributed by atoms with Gasteiger partial charge in [-0.25, -0.2) is 0 Å². The second kappa shape index (κ2) is 10.6. The maximum atomic E-state index is 2.69. The Morgan fingerprint density at radius 3 is 0.444 bits per heavy atom. The van der Waals surface area contributed by atoms with Crippen molar-refractivity contribution in [2.24, 2.45) is 0 Å². The zero-order chi connectivity index (χ0) is 26.6. The van der Waals surface area contributed by atoms with Crippen LogP contribution in [-0.2, 0) is 0 Å². The van der Waals surface area contributed by atoms with Gasteiger partial charge >= 0.3 is 0 Å². The Bertz CT molecular complexity index is 1130. The zero-order valence-corrected chi connectivity index (χ0v) is 31.9. The van der Waals surface area contributed by atoms with E-state index in [-0.39, 0.29) is 0 Å². The summed E-state index contributed by atoms with van der Waals surface area (Å²) in [7, 11) is -5.51. The first kappa shape index (κ1) is 28.0. The predicted octanol–water partition coefficient (Wildman–Crippen LogP) is 3.31. The lowest BCUT2D eigenvalue weighted by Gasteiger charge is -2.23. The molecule has 0 amide bonds. The van der Waals surface area contributed by atoms with E-state index in [1.165, 1.54) is 0 Å². The smallest absolute Gasteiger partial charge is 0.0645 e. The third-order valence-corrected chi connectivity index (χ3v) is 19.7. The van der Waals surface area contributed by atoms with Crippen molar-refractivity contribution in [1.29, 1.82) is 0 Å². The van der Waals surface area contributed by atoms with Gasteiger partial charge in [0.15, 0.2) is 0 Å². The molecule has 0 bridgehead atoms. The summed E-state index contributed by atoms with van der Waals surface area (Å²) in [4.78, 5) is 0. The van der Waals surface area contributed by atoms with Gasteiger partial charge in [0, 0.05) is 0 Å². The van der Waals surface area contributed by atoms with E-state index in [1.54, 1.807) is 63.4 Å². The molecule has 0 radical (unpaired) electrons. The molecule has 36 heavy (non-hydrogen) atoms. The van der Waals surface area contributed by atoms with Gasteiger partial charge in [0.1, 0.15) is 0 Å². The van der Waals surface area contributed by atoms with Crippen LogP contribution in [0.2, 0.25) is 78.6 Å². The number of benzene rings is 4. The van der Waals surface area contributed by atoms with Gasteiger partial charge in [0.25, 0.3) is 0 Å². The normalized spacial score (nSPS) is 12.8. The monoisotopic (exact) mass is 576 g/mol. The van der Waals surface area contributed by atoms with Crippen molar-refractivity contribution in [3.05, 3.63) is 36.4 Å². The lowest BCUT2D eigenvalue weighted by molar-refractivity contribution is 1.81. The van der Waals surface area contributed by atoms with E-state index < -0.39 is 52.8 Å². The Balaban J connectivity index is 2.35. The molecule has 0 saturated carbocycles. The van der Waals surface area contributed by atoms with Crippen LogP contribution in [0.3, 0.4) is 0 Å². The van der Waals surface area contributed by atoms with Crippen molar-refractivity contribution in [2.75, 3.05) is 0 Å². The Labute approximate surface area is 230 Å². The van der Waals surface area contributed by atoms with Crippen LogP contribution in [0.15, 0.2) is 36.4 Å². The fourth-order valence-electron chi connectivity index (χ4n) is 6.24. The van der Waals surface area contributed by atoms with Gasteiger partial charge in [-0.2, -0.15) is 0 Å². The van der Waals surface area contributed by atoms with Crippen LogP contribution in [0.4, 0.5) is 0 Å². The first-order valence-electron chi connectivity index (χ1n) is 14.4. The van der Waals surface area contributed by atoms with Crippen molar-refractivity contribution in [2.45, 2.75) is 78.6 Å². The summed E-state index contributed by atoms with van der Waals surface area (Å²) in [5.41, 5.74) is 0. The minimum atomic E-state index is -0.918. The molecule has 0 nitrogen and oxygen atoms in total. The third-order valence-electron chi connectivity index (χ3n) is 8.27. The fourth-order valence-corrected chi connectivity index (χ4v) is 19.7. The van der Waals surface area contributed by atoms with E-state index in [0.29, 0.717) is 0 Å². The predicted molar refractivity (Wildman–Crippen MR) is 190 cm³/mol.